The molecule has 0 heterocycles. The number of carbonyl (C=O) groups excluding carboxylic acids is 2. The van der Waals surface area contributed by atoms with Crippen LogP contribution in [-0.2, 0) is 11.0 Å². The Balaban J connectivity index is 2.59. The second-order valence-corrected chi connectivity index (χ2v) is 6.67. The third-order valence-corrected chi connectivity index (χ3v) is 3.63. The van der Waals surface area contributed by atoms with E-state index in [1.54, 1.807) is 0 Å². The van der Waals surface area contributed by atoms with E-state index in [1.807, 2.05) is 20.8 Å². The second-order valence-electron chi connectivity index (χ2n) is 6.67. The molecule has 1 aromatic rings. The van der Waals surface area contributed by atoms with Crippen molar-refractivity contribution in [2.45, 2.75) is 38.9 Å². The van der Waals surface area contributed by atoms with Crippen molar-refractivity contribution in [1.82, 2.24) is 10.6 Å². The monoisotopic (exact) mass is 359 g/mol. The summed E-state index contributed by atoms with van der Waals surface area (Å²) in [5.74, 6) is -0.702. The van der Waals surface area contributed by atoms with E-state index in [4.69, 9.17) is 5.73 Å². The van der Waals surface area contributed by atoms with Crippen LogP contribution in [0.25, 0.3) is 0 Å². The van der Waals surface area contributed by atoms with Crippen molar-refractivity contribution in [3.05, 3.63) is 35.4 Å². The fourth-order valence-corrected chi connectivity index (χ4v) is 2.54. The molecule has 1 atom stereocenters. The summed E-state index contributed by atoms with van der Waals surface area (Å²) in [5, 5.41) is 5.17. The average molecular weight is 359 g/mol. The van der Waals surface area contributed by atoms with E-state index in [0.29, 0.717) is 12.3 Å². The highest BCUT2D eigenvalue weighted by molar-refractivity contribution is 5.96. The largest absolute Gasteiger partial charge is 0.416 e. The molecule has 0 aromatic heterocycles. The molecule has 0 radical (unpaired) electrons. The standard InChI is InChI=1S/C17H24F3N3O2/c1-11(2)8-16(3,10-21)23-14(24)9-22-15(25)12-4-6-13(7-5-12)17(18,19)20/h4-7,11H,8-10,21H2,1-3H3,(H,22,25)(H,23,24). The summed E-state index contributed by atoms with van der Waals surface area (Å²) >= 11 is 0. The quantitative estimate of drug-likeness (QED) is 0.698. The molecule has 0 aliphatic heterocycles. The summed E-state index contributed by atoms with van der Waals surface area (Å²) in [6.45, 7) is 5.80. The Labute approximate surface area is 145 Å². The fourth-order valence-electron chi connectivity index (χ4n) is 2.54. The highest BCUT2D eigenvalue weighted by Gasteiger charge is 2.30. The highest BCUT2D eigenvalue weighted by atomic mass is 19.4. The maximum atomic E-state index is 12.5. The smallest absolute Gasteiger partial charge is 0.348 e. The van der Waals surface area contributed by atoms with Crippen LogP contribution in [0.15, 0.2) is 24.3 Å². The number of alkyl halides is 3. The number of benzene rings is 1. The molecule has 2 amide bonds. The van der Waals surface area contributed by atoms with E-state index in [-0.39, 0.29) is 18.7 Å². The van der Waals surface area contributed by atoms with Crippen LogP contribution in [0.3, 0.4) is 0 Å². The zero-order valence-electron chi connectivity index (χ0n) is 14.5. The van der Waals surface area contributed by atoms with Gasteiger partial charge in [0.2, 0.25) is 5.91 Å². The number of rotatable bonds is 7. The van der Waals surface area contributed by atoms with Crippen molar-refractivity contribution in [3.8, 4) is 0 Å². The molecule has 4 N–H and O–H groups in total. The van der Waals surface area contributed by atoms with E-state index in [0.717, 1.165) is 24.3 Å². The van der Waals surface area contributed by atoms with E-state index >= 15 is 0 Å². The highest BCUT2D eigenvalue weighted by Crippen LogP contribution is 2.29. The molecular formula is C17H24F3N3O2. The molecule has 0 saturated heterocycles. The van der Waals surface area contributed by atoms with Crippen LogP contribution in [0.2, 0.25) is 0 Å². The van der Waals surface area contributed by atoms with E-state index < -0.39 is 29.1 Å². The van der Waals surface area contributed by atoms with Gasteiger partial charge in [-0.25, -0.2) is 0 Å². The van der Waals surface area contributed by atoms with Crippen LogP contribution in [0, 0.1) is 5.92 Å². The summed E-state index contributed by atoms with van der Waals surface area (Å²) < 4.78 is 37.5. The molecule has 0 spiro atoms. The zero-order valence-corrected chi connectivity index (χ0v) is 14.5. The van der Waals surface area contributed by atoms with Crippen LogP contribution in [0.4, 0.5) is 13.2 Å². The molecule has 5 nitrogen and oxygen atoms in total. The molecule has 1 unspecified atom stereocenters. The third kappa shape index (κ3) is 6.74. The van der Waals surface area contributed by atoms with Gasteiger partial charge in [0.25, 0.3) is 5.91 Å². The lowest BCUT2D eigenvalue weighted by molar-refractivity contribution is -0.137. The van der Waals surface area contributed by atoms with Gasteiger partial charge < -0.3 is 16.4 Å². The Hall–Kier alpha value is -2.09. The lowest BCUT2D eigenvalue weighted by atomic mass is 9.91. The van der Waals surface area contributed by atoms with Crippen molar-refractivity contribution in [3.63, 3.8) is 0 Å². The molecule has 0 fully saturated rings. The summed E-state index contributed by atoms with van der Waals surface area (Å²) in [4.78, 5) is 23.9. The molecule has 0 aliphatic rings. The molecule has 0 bridgehead atoms. The Bertz CT molecular complexity index is 600. The van der Waals surface area contributed by atoms with Gasteiger partial charge in [0, 0.05) is 17.6 Å². The van der Waals surface area contributed by atoms with Gasteiger partial charge >= 0.3 is 6.18 Å². The molecule has 0 aliphatic carbocycles. The second kappa shape index (κ2) is 8.33. The van der Waals surface area contributed by atoms with Crippen LogP contribution in [0.1, 0.15) is 43.1 Å². The summed E-state index contributed by atoms with van der Waals surface area (Å²) in [7, 11) is 0. The predicted octanol–water partition coefficient (Wildman–Crippen LogP) is 2.31. The normalized spacial score (nSPS) is 14.1. The number of amides is 2. The molecule has 1 rings (SSSR count). The molecular weight excluding hydrogens is 335 g/mol. The summed E-state index contributed by atoms with van der Waals surface area (Å²) in [5.41, 5.74) is 4.33. The number of nitrogens with two attached hydrogens (primary N) is 1. The molecule has 140 valence electrons. The molecule has 8 heteroatoms. The van der Waals surface area contributed by atoms with Gasteiger partial charge in [0.15, 0.2) is 0 Å². The number of hydrogen-bond donors (Lipinski definition) is 3. The van der Waals surface area contributed by atoms with Crippen molar-refractivity contribution in [1.29, 1.82) is 0 Å². The maximum Gasteiger partial charge on any atom is 0.416 e. The van der Waals surface area contributed by atoms with E-state index in [9.17, 15) is 22.8 Å². The van der Waals surface area contributed by atoms with Crippen LogP contribution >= 0.6 is 0 Å². The van der Waals surface area contributed by atoms with Gasteiger partial charge in [-0.1, -0.05) is 13.8 Å². The van der Waals surface area contributed by atoms with Crippen molar-refractivity contribution in [2.75, 3.05) is 13.1 Å². The van der Waals surface area contributed by atoms with Crippen LogP contribution < -0.4 is 16.4 Å². The first-order valence-electron chi connectivity index (χ1n) is 7.93. The Kier molecular flexibility index (Phi) is 6.98. The van der Waals surface area contributed by atoms with Crippen molar-refractivity contribution >= 4 is 11.8 Å². The lowest BCUT2D eigenvalue weighted by Crippen LogP contribution is -2.54. The molecule has 0 saturated carbocycles. The Morgan fingerprint density at radius 1 is 1.16 bits per heavy atom. The summed E-state index contributed by atoms with van der Waals surface area (Å²) in [6, 6.07) is 3.78. The first kappa shape index (κ1) is 21.0. The van der Waals surface area contributed by atoms with Crippen LogP contribution in [-0.4, -0.2) is 30.4 Å². The molecule has 1 aromatic carbocycles. The number of nitrogens with one attached hydrogen (secondary N) is 2. The van der Waals surface area contributed by atoms with Crippen molar-refractivity contribution < 1.29 is 22.8 Å². The SMILES string of the molecule is CC(C)CC(C)(CN)NC(=O)CNC(=O)c1ccc(C(F)(F)F)cc1. The Morgan fingerprint density at radius 3 is 2.16 bits per heavy atom. The summed E-state index contributed by atoms with van der Waals surface area (Å²) in [6.07, 6.45) is -3.78. The average Bonchev–Trinajstić information content (AvgIpc) is 2.51. The van der Waals surface area contributed by atoms with Crippen LogP contribution in [0.5, 0.6) is 0 Å². The minimum atomic E-state index is -4.46. The maximum absolute atomic E-state index is 12.5. The van der Waals surface area contributed by atoms with E-state index in [2.05, 4.69) is 10.6 Å². The first-order chi connectivity index (χ1) is 11.5. The number of hydrogen-bond acceptors (Lipinski definition) is 3. The van der Waals surface area contributed by atoms with Gasteiger partial charge in [-0.2, -0.15) is 13.2 Å². The third-order valence-electron chi connectivity index (χ3n) is 3.63. The van der Waals surface area contributed by atoms with Gasteiger partial charge in [-0.3, -0.25) is 9.59 Å². The van der Waals surface area contributed by atoms with Gasteiger partial charge in [-0.15, -0.1) is 0 Å². The van der Waals surface area contributed by atoms with Gasteiger partial charge in [0.1, 0.15) is 0 Å². The number of halogens is 3. The van der Waals surface area contributed by atoms with Gasteiger partial charge in [0.05, 0.1) is 12.1 Å². The minimum absolute atomic E-state index is 0.0459. The van der Waals surface area contributed by atoms with Gasteiger partial charge in [-0.05, 0) is 43.5 Å². The number of carbonyl (C=O) groups is 2. The van der Waals surface area contributed by atoms with E-state index in [1.165, 1.54) is 0 Å². The predicted molar refractivity (Wildman–Crippen MR) is 88.8 cm³/mol. The lowest BCUT2D eigenvalue weighted by Gasteiger charge is -2.31. The molecule has 25 heavy (non-hydrogen) atoms. The minimum Gasteiger partial charge on any atom is -0.348 e. The van der Waals surface area contributed by atoms with Crippen molar-refractivity contribution in [2.24, 2.45) is 11.7 Å². The first-order valence-corrected chi connectivity index (χ1v) is 7.93. The Morgan fingerprint density at radius 2 is 1.72 bits per heavy atom. The fraction of sp³-hybridized carbons (Fsp3) is 0.529. The topological polar surface area (TPSA) is 84.2 Å². The zero-order chi connectivity index (χ0) is 19.3.